The van der Waals surface area contributed by atoms with Gasteiger partial charge in [-0.2, -0.15) is 0 Å². The van der Waals surface area contributed by atoms with Gasteiger partial charge in [-0.1, -0.05) is 28.1 Å². The maximum Gasteiger partial charge on any atom is 0.315 e. The number of carbonyl (C=O) groups is 1. The van der Waals surface area contributed by atoms with Crippen LogP contribution in [-0.2, 0) is 0 Å². The number of urea groups is 1. The Morgan fingerprint density at radius 1 is 1.20 bits per heavy atom. The SMILES string of the molecule is CC(NC(=O)NC(C1CC1)C1CC1)c1cccc(Br)c1. The Morgan fingerprint density at radius 3 is 2.40 bits per heavy atom. The van der Waals surface area contributed by atoms with E-state index in [-0.39, 0.29) is 12.1 Å². The van der Waals surface area contributed by atoms with Crippen molar-refractivity contribution in [2.24, 2.45) is 11.8 Å². The summed E-state index contributed by atoms with van der Waals surface area (Å²) in [5.41, 5.74) is 1.11. The van der Waals surface area contributed by atoms with Gasteiger partial charge in [-0.25, -0.2) is 4.79 Å². The lowest BCUT2D eigenvalue weighted by Crippen LogP contribution is -2.45. The molecule has 0 aliphatic heterocycles. The van der Waals surface area contributed by atoms with Crippen molar-refractivity contribution >= 4 is 22.0 Å². The molecule has 1 aromatic carbocycles. The topological polar surface area (TPSA) is 41.1 Å². The molecule has 2 aliphatic rings. The number of rotatable bonds is 5. The Labute approximate surface area is 128 Å². The molecule has 0 radical (unpaired) electrons. The van der Waals surface area contributed by atoms with E-state index in [1.54, 1.807) is 0 Å². The number of benzene rings is 1. The molecule has 0 aromatic heterocycles. The highest BCUT2D eigenvalue weighted by Gasteiger charge is 2.42. The molecule has 2 N–H and O–H groups in total. The Bertz CT molecular complexity index is 485. The van der Waals surface area contributed by atoms with Gasteiger partial charge in [-0.15, -0.1) is 0 Å². The monoisotopic (exact) mass is 336 g/mol. The second-order valence-corrected chi connectivity index (χ2v) is 7.01. The van der Waals surface area contributed by atoms with E-state index >= 15 is 0 Å². The molecule has 2 aliphatic carbocycles. The lowest BCUT2D eigenvalue weighted by molar-refractivity contribution is 0.230. The van der Waals surface area contributed by atoms with Crippen molar-refractivity contribution < 1.29 is 4.79 Å². The molecule has 2 amide bonds. The third-order valence-corrected chi connectivity index (χ3v) is 4.75. The van der Waals surface area contributed by atoms with Crippen LogP contribution in [0.3, 0.4) is 0 Å². The summed E-state index contributed by atoms with van der Waals surface area (Å²) in [5, 5.41) is 6.24. The number of nitrogens with one attached hydrogen (secondary N) is 2. The van der Waals surface area contributed by atoms with Crippen molar-refractivity contribution in [3.8, 4) is 0 Å². The van der Waals surface area contributed by atoms with Crippen molar-refractivity contribution in [2.75, 3.05) is 0 Å². The standard InChI is InChI=1S/C16H21BrN2O/c1-10(13-3-2-4-14(17)9-13)18-16(20)19-15(11-5-6-11)12-7-8-12/h2-4,9-12,15H,5-8H2,1H3,(H2,18,19,20). The molecule has 20 heavy (non-hydrogen) atoms. The maximum absolute atomic E-state index is 12.2. The highest BCUT2D eigenvalue weighted by Crippen LogP contribution is 2.44. The Kier molecular flexibility index (Phi) is 4.01. The number of carbonyl (C=O) groups excluding carboxylic acids is 1. The van der Waals surface area contributed by atoms with Crippen LogP contribution in [0, 0.1) is 11.8 Å². The Hall–Kier alpha value is -1.03. The summed E-state index contributed by atoms with van der Waals surface area (Å²) in [4.78, 5) is 12.2. The molecule has 0 saturated heterocycles. The van der Waals surface area contributed by atoms with E-state index in [0.29, 0.717) is 6.04 Å². The Morgan fingerprint density at radius 2 is 1.85 bits per heavy atom. The van der Waals surface area contributed by atoms with Gasteiger partial charge in [0.1, 0.15) is 0 Å². The molecule has 1 aromatic rings. The molecule has 0 bridgehead atoms. The van der Waals surface area contributed by atoms with Crippen LogP contribution in [0.5, 0.6) is 0 Å². The summed E-state index contributed by atoms with van der Waals surface area (Å²) in [6.07, 6.45) is 5.12. The van der Waals surface area contributed by atoms with Gasteiger partial charge in [0.05, 0.1) is 6.04 Å². The molecular formula is C16H21BrN2O. The van der Waals surface area contributed by atoms with Crippen LogP contribution in [0.25, 0.3) is 0 Å². The minimum absolute atomic E-state index is 0.0200. The van der Waals surface area contributed by atoms with E-state index < -0.39 is 0 Å². The third-order valence-electron chi connectivity index (χ3n) is 4.25. The zero-order valence-corrected chi connectivity index (χ0v) is 13.3. The summed E-state index contributed by atoms with van der Waals surface area (Å²) in [7, 11) is 0. The summed E-state index contributed by atoms with van der Waals surface area (Å²) in [6.45, 7) is 2.02. The second-order valence-electron chi connectivity index (χ2n) is 6.10. The van der Waals surface area contributed by atoms with Crippen molar-refractivity contribution in [3.63, 3.8) is 0 Å². The maximum atomic E-state index is 12.2. The fraction of sp³-hybridized carbons (Fsp3) is 0.562. The first-order valence-corrected chi connectivity index (χ1v) is 8.25. The van der Waals surface area contributed by atoms with E-state index in [1.807, 2.05) is 31.2 Å². The first-order valence-electron chi connectivity index (χ1n) is 7.46. The van der Waals surface area contributed by atoms with Crippen LogP contribution in [0.4, 0.5) is 4.79 Å². The highest BCUT2D eigenvalue weighted by atomic mass is 79.9. The average Bonchev–Trinajstić information content (AvgIpc) is 3.28. The van der Waals surface area contributed by atoms with Crippen LogP contribution in [0.15, 0.2) is 28.7 Å². The molecule has 2 saturated carbocycles. The smallest absolute Gasteiger partial charge is 0.315 e. The quantitative estimate of drug-likeness (QED) is 0.838. The van der Waals surface area contributed by atoms with E-state index in [1.165, 1.54) is 25.7 Å². The van der Waals surface area contributed by atoms with Gasteiger partial charge < -0.3 is 10.6 Å². The summed E-state index contributed by atoms with van der Waals surface area (Å²) in [5.74, 6) is 1.46. The number of hydrogen-bond donors (Lipinski definition) is 2. The van der Waals surface area contributed by atoms with Gasteiger partial charge in [0.25, 0.3) is 0 Å². The molecule has 108 valence electrons. The molecule has 1 unspecified atom stereocenters. The minimum Gasteiger partial charge on any atom is -0.335 e. The first kappa shape index (κ1) is 13.9. The number of hydrogen-bond acceptors (Lipinski definition) is 1. The van der Waals surface area contributed by atoms with Gasteiger partial charge >= 0.3 is 6.03 Å². The molecular weight excluding hydrogens is 316 g/mol. The van der Waals surface area contributed by atoms with Gasteiger partial charge in [-0.05, 0) is 62.1 Å². The number of halogens is 1. The molecule has 4 heteroatoms. The van der Waals surface area contributed by atoms with Crippen LogP contribution in [0.1, 0.15) is 44.2 Å². The fourth-order valence-corrected chi connectivity index (χ4v) is 3.20. The predicted molar refractivity (Wildman–Crippen MR) is 83.5 cm³/mol. The van der Waals surface area contributed by atoms with Crippen molar-refractivity contribution in [3.05, 3.63) is 34.3 Å². The molecule has 0 spiro atoms. The van der Waals surface area contributed by atoms with Crippen LogP contribution in [0.2, 0.25) is 0 Å². The lowest BCUT2D eigenvalue weighted by atomic mass is 10.1. The average molecular weight is 337 g/mol. The van der Waals surface area contributed by atoms with Crippen molar-refractivity contribution in [1.82, 2.24) is 10.6 Å². The second kappa shape index (κ2) is 5.76. The van der Waals surface area contributed by atoms with Crippen LogP contribution in [-0.4, -0.2) is 12.1 Å². The largest absolute Gasteiger partial charge is 0.335 e. The normalized spacial score (nSPS) is 19.8. The van der Waals surface area contributed by atoms with Crippen LogP contribution >= 0.6 is 15.9 Å². The summed E-state index contributed by atoms with van der Waals surface area (Å²) >= 11 is 3.46. The zero-order chi connectivity index (χ0) is 14.1. The van der Waals surface area contributed by atoms with Gasteiger partial charge in [-0.3, -0.25) is 0 Å². The van der Waals surface area contributed by atoms with E-state index in [4.69, 9.17) is 0 Å². The van der Waals surface area contributed by atoms with E-state index in [2.05, 4.69) is 26.6 Å². The molecule has 1 atom stereocenters. The Balaban J connectivity index is 1.55. The van der Waals surface area contributed by atoms with Gasteiger partial charge in [0, 0.05) is 10.5 Å². The zero-order valence-electron chi connectivity index (χ0n) is 11.7. The first-order chi connectivity index (χ1) is 9.63. The highest BCUT2D eigenvalue weighted by molar-refractivity contribution is 9.10. The number of amides is 2. The predicted octanol–water partition coefficient (Wildman–Crippen LogP) is 4.00. The van der Waals surface area contributed by atoms with E-state index in [9.17, 15) is 4.79 Å². The summed E-state index contributed by atoms with van der Waals surface area (Å²) < 4.78 is 1.04. The van der Waals surface area contributed by atoms with Gasteiger partial charge in [0.2, 0.25) is 0 Å². The lowest BCUT2D eigenvalue weighted by Gasteiger charge is -2.21. The van der Waals surface area contributed by atoms with Gasteiger partial charge in [0.15, 0.2) is 0 Å². The minimum atomic E-state index is -0.0266. The molecule has 0 heterocycles. The summed E-state index contributed by atoms with van der Waals surface area (Å²) in [6, 6.07) is 8.47. The van der Waals surface area contributed by atoms with Crippen molar-refractivity contribution in [1.29, 1.82) is 0 Å². The molecule has 3 rings (SSSR count). The van der Waals surface area contributed by atoms with E-state index in [0.717, 1.165) is 21.9 Å². The third kappa shape index (κ3) is 3.54. The molecule has 2 fully saturated rings. The van der Waals surface area contributed by atoms with Crippen LogP contribution < -0.4 is 10.6 Å². The fourth-order valence-electron chi connectivity index (χ4n) is 2.78. The molecule has 3 nitrogen and oxygen atoms in total. The van der Waals surface area contributed by atoms with Crippen molar-refractivity contribution in [2.45, 2.75) is 44.7 Å².